The highest BCUT2D eigenvalue weighted by molar-refractivity contribution is 14.0. The molecule has 29 heavy (non-hydrogen) atoms. The Morgan fingerprint density at radius 1 is 1.31 bits per heavy atom. The normalized spacial score (nSPS) is 20.1. The van der Waals surface area contributed by atoms with Crippen LogP contribution in [0.4, 0.5) is 5.00 Å². The number of thiophene rings is 1. The molecule has 1 atom stereocenters. The fourth-order valence-electron chi connectivity index (χ4n) is 3.60. The van der Waals surface area contributed by atoms with Gasteiger partial charge in [0.15, 0.2) is 11.8 Å². The van der Waals surface area contributed by atoms with Crippen molar-refractivity contribution in [2.75, 3.05) is 44.2 Å². The molecule has 2 aliphatic heterocycles. The second kappa shape index (κ2) is 10.6. The average molecular weight is 531 g/mol. The lowest BCUT2D eigenvalue weighted by molar-refractivity contribution is 0.113. The van der Waals surface area contributed by atoms with Crippen LogP contribution >= 0.6 is 35.3 Å². The van der Waals surface area contributed by atoms with Crippen molar-refractivity contribution in [3.63, 3.8) is 0 Å². The number of hydrogen-bond acceptors (Lipinski definition) is 6. The van der Waals surface area contributed by atoms with Gasteiger partial charge in [-0.3, -0.25) is 0 Å². The molecule has 2 aliphatic rings. The number of hydrogen-bond donors (Lipinski definition) is 1. The van der Waals surface area contributed by atoms with E-state index in [1.165, 1.54) is 5.00 Å². The maximum Gasteiger partial charge on any atom is 0.194 e. The van der Waals surface area contributed by atoms with Crippen LogP contribution in [-0.2, 0) is 18.3 Å². The number of anilines is 1. The van der Waals surface area contributed by atoms with E-state index in [4.69, 9.17) is 9.73 Å². The number of halogens is 1. The number of ether oxygens (including phenoxy) is 1. The number of aryl methyl sites for hydroxylation is 1. The third kappa shape index (κ3) is 5.60. The third-order valence-electron chi connectivity index (χ3n) is 5.46. The predicted molar refractivity (Wildman–Crippen MR) is 127 cm³/mol. The maximum absolute atomic E-state index is 5.77. The standard InChI is InChI=1S/C19H29N7OS.HI/c1-15-22-23-17(24(15)2)14-21-19(20-13-16-5-3-11-27-16)26-9-7-25(8-10-26)18-6-4-12-28-18;/h4,6,12,16H,3,5,7-11,13-14H2,1-2H3,(H,20,21);1H. The Morgan fingerprint density at radius 3 is 2.76 bits per heavy atom. The minimum Gasteiger partial charge on any atom is -0.376 e. The van der Waals surface area contributed by atoms with Crippen LogP contribution in [0.25, 0.3) is 0 Å². The summed E-state index contributed by atoms with van der Waals surface area (Å²) in [6.07, 6.45) is 2.56. The van der Waals surface area contributed by atoms with Gasteiger partial charge in [0, 0.05) is 46.4 Å². The Kier molecular flexibility index (Phi) is 8.13. The summed E-state index contributed by atoms with van der Waals surface area (Å²) in [6.45, 7) is 8.07. The first-order valence-corrected chi connectivity index (χ1v) is 10.9. The predicted octanol–water partition coefficient (Wildman–Crippen LogP) is 2.25. The van der Waals surface area contributed by atoms with E-state index in [0.29, 0.717) is 6.54 Å². The minimum atomic E-state index is 0. The highest BCUT2D eigenvalue weighted by Gasteiger charge is 2.22. The van der Waals surface area contributed by atoms with Crippen LogP contribution < -0.4 is 10.2 Å². The molecule has 2 aromatic rings. The van der Waals surface area contributed by atoms with Gasteiger partial charge in [0.2, 0.25) is 0 Å². The van der Waals surface area contributed by atoms with Gasteiger partial charge in [-0.2, -0.15) is 0 Å². The number of guanidine groups is 1. The average Bonchev–Trinajstić information content (AvgIpc) is 3.48. The number of piperazine rings is 1. The van der Waals surface area contributed by atoms with Crippen LogP contribution in [0.5, 0.6) is 0 Å². The first-order chi connectivity index (χ1) is 13.7. The smallest absolute Gasteiger partial charge is 0.194 e. The molecule has 1 N–H and O–H groups in total. The van der Waals surface area contributed by atoms with Crippen molar-refractivity contribution in [2.24, 2.45) is 12.0 Å². The minimum absolute atomic E-state index is 0. The summed E-state index contributed by atoms with van der Waals surface area (Å²) in [4.78, 5) is 9.68. The molecular formula is C19H30IN7OS. The second-order valence-electron chi connectivity index (χ2n) is 7.30. The fraction of sp³-hybridized carbons (Fsp3) is 0.632. The van der Waals surface area contributed by atoms with Gasteiger partial charge >= 0.3 is 0 Å². The third-order valence-corrected chi connectivity index (χ3v) is 6.39. The van der Waals surface area contributed by atoms with Crippen LogP contribution in [-0.4, -0.2) is 71.1 Å². The molecule has 160 valence electrons. The molecule has 10 heteroatoms. The molecule has 0 aromatic carbocycles. The fourth-order valence-corrected chi connectivity index (χ4v) is 4.39. The van der Waals surface area contributed by atoms with Crippen molar-refractivity contribution >= 4 is 46.3 Å². The maximum atomic E-state index is 5.77. The topological polar surface area (TPSA) is 70.8 Å². The molecule has 2 saturated heterocycles. The van der Waals surface area contributed by atoms with E-state index in [9.17, 15) is 0 Å². The number of nitrogens with one attached hydrogen (secondary N) is 1. The summed E-state index contributed by atoms with van der Waals surface area (Å²) in [5, 5.41) is 15.4. The zero-order chi connectivity index (χ0) is 19.3. The zero-order valence-corrected chi connectivity index (χ0v) is 20.2. The first-order valence-electron chi connectivity index (χ1n) is 9.99. The molecule has 0 radical (unpaired) electrons. The molecule has 4 heterocycles. The Balaban J connectivity index is 0.00000240. The van der Waals surface area contributed by atoms with E-state index in [2.05, 4.69) is 42.8 Å². The molecule has 0 saturated carbocycles. The quantitative estimate of drug-likeness (QED) is 0.363. The SMILES string of the molecule is Cc1nnc(CN=C(NCC2CCCO2)N2CCN(c3cccs3)CC2)n1C.I. The van der Waals surface area contributed by atoms with E-state index >= 15 is 0 Å². The lowest BCUT2D eigenvalue weighted by atomic mass is 10.2. The molecule has 2 fully saturated rings. The molecule has 2 aromatic heterocycles. The molecule has 1 unspecified atom stereocenters. The zero-order valence-electron chi connectivity index (χ0n) is 17.1. The molecule has 0 spiro atoms. The van der Waals surface area contributed by atoms with Crippen LogP contribution in [0, 0.1) is 6.92 Å². The molecule has 0 bridgehead atoms. The van der Waals surface area contributed by atoms with Crippen LogP contribution in [0.15, 0.2) is 22.5 Å². The Hall–Kier alpha value is -1.40. The van der Waals surface area contributed by atoms with Gasteiger partial charge in [-0.15, -0.1) is 45.5 Å². The van der Waals surface area contributed by atoms with Crippen molar-refractivity contribution in [3.8, 4) is 0 Å². The summed E-state index contributed by atoms with van der Waals surface area (Å²) in [5.41, 5.74) is 0. The van der Waals surface area contributed by atoms with Crippen molar-refractivity contribution in [1.29, 1.82) is 0 Å². The van der Waals surface area contributed by atoms with Gasteiger partial charge < -0.3 is 24.4 Å². The summed E-state index contributed by atoms with van der Waals surface area (Å²) in [5.74, 6) is 2.73. The summed E-state index contributed by atoms with van der Waals surface area (Å²) >= 11 is 1.80. The molecular weight excluding hydrogens is 501 g/mol. The van der Waals surface area contributed by atoms with Gasteiger partial charge in [-0.05, 0) is 37.3 Å². The highest BCUT2D eigenvalue weighted by atomic mass is 127. The van der Waals surface area contributed by atoms with Crippen molar-refractivity contribution < 1.29 is 4.74 Å². The van der Waals surface area contributed by atoms with Crippen LogP contribution in [0.3, 0.4) is 0 Å². The summed E-state index contributed by atoms with van der Waals surface area (Å²) in [7, 11) is 1.99. The Morgan fingerprint density at radius 2 is 2.14 bits per heavy atom. The number of aliphatic imine (C=N–C) groups is 1. The van der Waals surface area contributed by atoms with Gasteiger partial charge in [-0.1, -0.05) is 0 Å². The largest absolute Gasteiger partial charge is 0.376 e. The Bertz CT molecular complexity index is 781. The number of nitrogens with zero attached hydrogens (tertiary/aromatic N) is 6. The van der Waals surface area contributed by atoms with Crippen molar-refractivity contribution in [3.05, 3.63) is 29.2 Å². The van der Waals surface area contributed by atoms with E-state index in [1.54, 1.807) is 11.3 Å². The van der Waals surface area contributed by atoms with Gasteiger partial charge in [0.1, 0.15) is 12.4 Å². The summed E-state index contributed by atoms with van der Waals surface area (Å²) < 4.78 is 7.77. The number of rotatable bonds is 5. The molecule has 0 aliphatic carbocycles. The molecule has 0 amide bonds. The van der Waals surface area contributed by atoms with Gasteiger partial charge in [-0.25, -0.2) is 4.99 Å². The lowest BCUT2D eigenvalue weighted by Crippen LogP contribution is -2.53. The number of aromatic nitrogens is 3. The Labute approximate surface area is 193 Å². The second-order valence-corrected chi connectivity index (χ2v) is 8.23. The molecule has 8 nitrogen and oxygen atoms in total. The first kappa shape index (κ1) is 22.3. The van der Waals surface area contributed by atoms with Crippen molar-refractivity contribution in [1.82, 2.24) is 25.0 Å². The van der Waals surface area contributed by atoms with Gasteiger partial charge in [0.25, 0.3) is 0 Å². The van der Waals surface area contributed by atoms with Crippen LogP contribution in [0.2, 0.25) is 0 Å². The highest BCUT2D eigenvalue weighted by Crippen LogP contribution is 2.22. The van der Waals surface area contributed by atoms with E-state index < -0.39 is 0 Å². The summed E-state index contributed by atoms with van der Waals surface area (Å²) in [6, 6.07) is 4.31. The molecule has 4 rings (SSSR count). The van der Waals surface area contributed by atoms with E-state index in [0.717, 1.165) is 69.8 Å². The monoisotopic (exact) mass is 531 g/mol. The van der Waals surface area contributed by atoms with Crippen molar-refractivity contribution in [2.45, 2.75) is 32.4 Å². The van der Waals surface area contributed by atoms with E-state index in [-0.39, 0.29) is 30.1 Å². The van der Waals surface area contributed by atoms with Crippen LogP contribution in [0.1, 0.15) is 24.5 Å². The van der Waals surface area contributed by atoms with Gasteiger partial charge in [0.05, 0.1) is 11.1 Å². The van der Waals surface area contributed by atoms with E-state index in [1.807, 2.05) is 18.5 Å². The lowest BCUT2D eigenvalue weighted by Gasteiger charge is -2.37.